The summed E-state index contributed by atoms with van der Waals surface area (Å²) in [5.74, 6) is 2.72. The predicted molar refractivity (Wildman–Crippen MR) is 73.6 cm³/mol. The molecule has 0 aliphatic heterocycles. The Bertz CT molecular complexity index is 609. The van der Waals surface area contributed by atoms with Gasteiger partial charge in [0.05, 0.1) is 11.4 Å². The number of nitrogens with two attached hydrogens (primary N) is 1. The summed E-state index contributed by atoms with van der Waals surface area (Å²) in [5.41, 5.74) is 8.83. The Labute approximate surface area is 111 Å². The van der Waals surface area contributed by atoms with E-state index < -0.39 is 0 Å². The van der Waals surface area contributed by atoms with Crippen LogP contribution in [0.3, 0.4) is 0 Å². The van der Waals surface area contributed by atoms with Gasteiger partial charge in [-0.15, -0.1) is 0 Å². The van der Waals surface area contributed by atoms with Gasteiger partial charge in [0.15, 0.2) is 11.0 Å². The van der Waals surface area contributed by atoms with Crippen molar-refractivity contribution in [1.82, 2.24) is 10.3 Å². The molecule has 2 aliphatic carbocycles. The number of rotatable bonds is 3. The first kappa shape index (κ1) is 11.1. The van der Waals surface area contributed by atoms with Crippen molar-refractivity contribution in [2.24, 2.45) is 17.8 Å². The Morgan fingerprint density at radius 2 is 2.11 bits per heavy atom. The summed E-state index contributed by atoms with van der Waals surface area (Å²) >= 11 is 0. The second-order valence-corrected chi connectivity index (χ2v) is 5.98. The van der Waals surface area contributed by atoms with E-state index in [-0.39, 0.29) is 0 Å². The highest BCUT2D eigenvalue weighted by Crippen LogP contribution is 2.48. The SMILES string of the molecule is Nc1ccc(NCC2CC3CCC2C3)c2nonc12. The molecule has 2 bridgehead atoms. The summed E-state index contributed by atoms with van der Waals surface area (Å²) in [7, 11) is 0. The molecule has 5 nitrogen and oxygen atoms in total. The number of hydrogen-bond donors (Lipinski definition) is 2. The fraction of sp³-hybridized carbons (Fsp3) is 0.571. The van der Waals surface area contributed by atoms with Crippen molar-refractivity contribution in [1.29, 1.82) is 0 Å². The molecule has 0 saturated heterocycles. The van der Waals surface area contributed by atoms with Crippen molar-refractivity contribution in [2.75, 3.05) is 17.6 Å². The van der Waals surface area contributed by atoms with Gasteiger partial charge < -0.3 is 11.1 Å². The van der Waals surface area contributed by atoms with Gasteiger partial charge in [-0.1, -0.05) is 6.42 Å². The lowest BCUT2D eigenvalue weighted by atomic mass is 9.89. The molecule has 1 aromatic carbocycles. The third-order valence-corrected chi connectivity index (χ3v) is 4.89. The summed E-state index contributed by atoms with van der Waals surface area (Å²) < 4.78 is 4.79. The highest BCUT2D eigenvalue weighted by Gasteiger charge is 2.39. The molecule has 3 N–H and O–H groups in total. The average Bonchev–Trinajstić information content (AvgIpc) is 3.13. The number of aromatic nitrogens is 2. The van der Waals surface area contributed by atoms with Crippen molar-refractivity contribution < 1.29 is 4.63 Å². The minimum atomic E-state index is 0.613. The molecule has 0 radical (unpaired) electrons. The van der Waals surface area contributed by atoms with E-state index in [4.69, 9.17) is 10.4 Å². The van der Waals surface area contributed by atoms with Crippen LogP contribution in [0.2, 0.25) is 0 Å². The summed E-state index contributed by atoms with van der Waals surface area (Å²) in [6.07, 6.45) is 5.68. The van der Waals surface area contributed by atoms with E-state index in [9.17, 15) is 0 Å². The lowest BCUT2D eigenvalue weighted by Crippen LogP contribution is -2.20. The van der Waals surface area contributed by atoms with Gasteiger partial charge >= 0.3 is 0 Å². The zero-order valence-corrected chi connectivity index (χ0v) is 10.8. The molecular weight excluding hydrogens is 240 g/mol. The van der Waals surface area contributed by atoms with Crippen molar-refractivity contribution in [3.8, 4) is 0 Å². The smallest absolute Gasteiger partial charge is 0.160 e. The molecule has 5 heteroatoms. The summed E-state index contributed by atoms with van der Waals surface area (Å²) in [5, 5.41) is 11.3. The van der Waals surface area contributed by atoms with Crippen LogP contribution in [-0.4, -0.2) is 16.9 Å². The van der Waals surface area contributed by atoms with Crippen LogP contribution in [0.4, 0.5) is 11.4 Å². The van der Waals surface area contributed by atoms with Gasteiger partial charge in [0.25, 0.3) is 0 Å². The van der Waals surface area contributed by atoms with Crippen molar-refractivity contribution in [3.05, 3.63) is 12.1 Å². The number of nitrogens with one attached hydrogen (secondary N) is 1. The van der Waals surface area contributed by atoms with Crippen LogP contribution in [0.5, 0.6) is 0 Å². The molecule has 2 fully saturated rings. The molecule has 2 saturated carbocycles. The van der Waals surface area contributed by atoms with Crippen molar-refractivity contribution >= 4 is 22.4 Å². The number of benzene rings is 1. The molecule has 0 amide bonds. The van der Waals surface area contributed by atoms with E-state index in [0.29, 0.717) is 11.2 Å². The zero-order valence-electron chi connectivity index (χ0n) is 10.8. The fourth-order valence-electron chi connectivity index (χ4n) is 3.90. The van der Waals surface area contributed by atoms with Crippen molar-refractivity contribution in [3.63, 3.8) is 0 Å². The summed E-state index contributed by atoms with van der Waals surface area (Å²) in [6.45, 7) is 1.02. The maximum absolute atomic E-state index is 5.85. The highest BCUT2D eigenvalue weighted by molar-refractivity contribution is 5.94. The topological polar surface area (TPSA) is 77.0 Å². The number of nitrogen functional groups attached to an aromatic ring is 1. The van der Waals surface area contributed by atoms with E-state index in [1.807, 2.05) is 12.1 Å². The first-order valence-corrected chi connectivity index (χ1v) is 7.06. The van der Waals surface area contributed by atoms with Gasteiger partial charge in [-0.05, 0) is 59.5 Å². The molecule has 19 heavy (non-hydrogen) atoms. The Morgan fingerprint density at radius 3 is 2.89 bits per heavy atom. The highest BCUT2D eigenvalue weighted by atomic mass is 16.6. The second-order valence-electron chi connectivity index (χ2n) is 5.98. The molecular formula is C14H18N4O. The number of hydrogen-bond acceptors (Lipinski definition) is 5. The lowest BCUT2D eigenvalue weighted by molar-refractivity contribution is 0.315. The van der Waals surface area contributed by atoms with Crippen LogP contribution in [0.1, 0.15) is 25.7 Å². The normalized spacial score (nSPS) is 29.2. The van der Waals surface area contributed by atoms with Gasteiger partial charge in [-0.2, -0.15) is 0 Å². The standard InChI is InChI=1S/C14H18N4O/c15-11-3-4-12(14-13(11)17-19-18-14)16-7-10-6-8-1-2-9(10)5-8/h3-4,8-10,16H,1-2,5-7,15H2. The first-order valence-electron chi connectivity index (χ1n) is 7.06. The number of anilines is 2. The molecule has 3 atom stereocenters. The first-order chi connectivity index (χ1) is 9.31. The summed E-state index contributed by atoms with van der Waals surface area (Å²) in [6, 6.07) is 3.82. The van der Waals surface area contributed by atoms with E-state index in [2.05, 4.69) is 15.6 Å². The van der Waals surface area contributed by atoms with Crippen LogP contribution in [-0.2, 0) is 0 Å². The third-order valence-electron chi connectivity index (χ3n) is 4.89. The molecule has 2 aliphatic rings. The van der Waals surface area contributed by atoms with Crippen LogP contribution in [0.25, 0.3) is 11.0 Å². The average molecular weight is 258 g/mol. The van der Waals surface area contributed by atoms with Gasteiger partial charge in [0, 0.05) is 6.54 Å². The molecule has 1 heterocycles. The summed E-state index contributed by atoms with van der Waals surface area (Å²) in [4.78, 5) is 0. The largest absolute Gasteiger partial charge is 0.397 e. The van der Waals surface area contributed by atoms with Gasteiger partial charge in [-0.3, -0.25) is 0 Å². The van der Waals surface area contributed by atoms with Crippen LogP contribution < -0.4 is 11.1 Å². The van der Waals surface area contributed by atoms with E-state index in [0.717, 1.165) is 35.5 Å². The minimum Gasteiger partial charge on any atom is -0.397 e. The zero-order chi connectivity index (χ0) is 12.8. The monoisotopic (exact) mass is 258 g/mol. The lowest BCUT2D eigenvalue weighted by Gasteiger charge is -2.22. The third kappa shape index (κ3) is 1.76. The number of nitrogens with zero attached hydrogens (tertiary/aromatic N) is 2. The minimum absolute atomic E-state index is 0.613. The van der Waals surface area contributed by atoms with Crippen molar-refractivity contribution in [2.45, 2.75) is 25.7 Å². The van der Waals surface area contributed by atoms with Crippen LogP contribution in [0, 0.1) is 17.8 Å². The second kappa shape index (κ2) is 4.11. The molecule has 1 aromatic heterocycles. The molecule has 2 aromatic rings. The van der Waals surface area contributed by atoms with E-state index in [1.165, 1.54) is 25.7 Å². The molecule has 4 rings (SSSR count). The Morgan fingerprint density at radius 1 is 1.21 bits per heavy atom. The number of fused-ring (bicyclic) bond motifs is 3. The molecule has 0 spiro atoms. The molecule has 3 unspecified atom stereocenters. The van der Waals surface area contributed by atoms with E-state index in [1.54, 1.807) is 0 Å². The Hall–Kier alpha value is -1.78. The van der Waals surface area contributed by atoms with Crippen LogP contribution >= 0.6 is 0 Å². The van der Waals surface area contributed by atoms with Gasteiger partial charge in [0.2, 0.25) is 0 Å². The van der Waals surface area contributed by atoms with Crippen LogP contribution in [0.15, 0.2) is 16.8 Å². The van der Waals surface area contributed by atoms with E-state index >= 15 is 0 Å². The van der Waals surface area contributed by atoms with Gasteiger partial charge in [0.1, 0.15) is 0 Å². The fourth-order valence-corrected chi connectivity index (χ4v) is 3.90. The quantitative estimate of drug-likeness (QED) is 0.828. The maximum atomic E-state index is 5.85. The van der Waals surface area contributed by atoms with Gasteiger partial charge in [-0.25, -0.2) is 4.63 Å². The Balaban J connectivity index is 1.52. The Kier molecular flexibility index (Phi) is 2.40. The maximum Gasteiger partial charge on any atom is 0.160 e. The predicted octanol–water partition coefficient (Wildman–Crippen LogP) is 2.65. The molecule has 100 valence electrons.